The van der Waals surface area contributed by atoms with Crippen molar-refractivity contribution in [1.29, 1.82) is 0 Å². The predicted octanol–water partition coefficient (Wildman–Crippen LogP) is 1.47. The highest BCUT2D eigenvalue weighted by atomic mass is 32.1. The largest absolute Gasteiger partial charge is 0.396 e. The van der Waals surface area contributed by atoms with Gasteiger partial charge >= 0.3 is 0 Å². The number of hydrogen-bond donors (Lipinski definition) is 1. The van der Waals surface area contributed by atoms with Crippen LogP contribution < -0.4 is 5.56 Å². The highest BCUT2D eigenvalue weighted by Crippen LogP contribution is 2.19. The number of aliphatic hydroxyl groups excluding tert-OH is 1. The van der Waals surface area contributed by atoms with E-state index < -0.39 is 0 Å². The van der Waals surface area contributed by atoms with Crippen LogP contribution in [0.1, 0.15) is 18.4 Å². The second-order valence-electron chi connectivity index (χ2n) is 5.83. The SMILES string of the molecule is Cc1csc2c(=O)n(CCN3CCC[C@H](CO)C3)cnc12. The molecular weight excluding hydrogens is 286 g/mol. The molecule has 2 aromatic heterocycles. The van der Waals surface area contributed by atoms with Crippen LogP contribution in [0.25, 0.3) is 10.2 Å². The van der Waals surface area contributed by atoms with Gasteiger partial charge in [-0.15, -0.1) is 11.3 Å². The summed E-state index contributed by atoms with van der Waals surface area (Å²) in [5.41, 5.74) is 1.97. The van der Waals surface area contributed by atoms with Crippen molar-refractivity contribution in [2.45, 2.75) is 26.3 Å². The lowest BCUT2D eigenvalue weighted by atomic mass is 9.99. The third-order valence-electron chi connectivity index (χ3n) is 4.24. The molecule has 0 aliphatic carbocycles. The van der Waals surface area contributed by atoms with Gasteiger partial charge in [-0.05, 0) is 43.2 Å². The van der Waals surface area contributed by atoms with Crippen molar-refractivity contribution in [1.82, 2.24) is 14.5 Å². The van der Waals surface area contributed by atoms with E-state index in [9.17, 15) is 9.90 Å². The molecule has 0 saturated carbocycles. The number of piperidine rings is 1. The molecule has 1 fully saturated rings. The molecule has 5 nitrogen and oxygen atoms in total. The molecule has 1 atom stereocenters. The summed E-state index contributed by atoms with van der Waals surface area (Å²) in [6.07, 6.45) is 3.90. The lowest BCUT2D eigenvalue weighted by Crippen LogP contribution is -2.39. The molecule has 114 valence electrons. The first kappa shape index (κ1) is 14.7. The Hall–Kier alpha value is -1.24. The number of aryl methyl sites for hydroxylation is 1. The lowest BCUT2D eigenvalue weighted by molar-refractivity contribution is 0.117. The summed E-state index contributed by atoms with van der Waals surface area (Å²) in [5.74, 6) is 0.385. The van der Waals surface area contributed by atoms with Crippen LogP contribution in [0.15, 0.2) is 16.5 Å². The summed E-state index contributed by atoms with van der Waals surface area (Å²) in [4.78, 5) is 19.2. The molecular formula is C15H21N3O2S. The second kappa shape index (κ2) is 6.25. The van der Waals surface area contributed by atoms with Crippen LogP contribution in [0.3, 0.4) is 0 Å². The molecule has 3 rings (SSSR count). The van der Waals surface area contributed by atoms with Crippen molar-refractivity contribution in [2.24, 2.45) is 5.92 Å². The van der Waals surface area contributed by atoms with E-state index in [1.807, 2.05) is 12.3 Å². The Labute approximate surface area is 127 Å². The fraction of sp³-hybridized carbons (Fsp3) is 0.600. The zero-order valence-corrected chi connectivity index (χ0v) is 13.1. The van der Waals surface area contributed by atoms with E-state index in [2.05, 4.69) is 9.88 Å². The highest BCUT2D eigenvalue weighted by Gasteiger charge is 2.19. The van der Waals surface area contributed by atoms with Crippen LogP contribution in [-0.4, -0.2) is 45.8 Å². The highest BCUT2D eigenvalue weighted by molar-refractivity contribution is 7.17. The molecule has 1 saturated heterocycles. The summed E-state index contributed by atoms with van der Waals surface area (Å²) in [6, 6.07) is 0. The molecule has 0 spiro atoms. The van der Waals surface area contributed by atoms with Crippen LogP contribution in [0.4, 0.5) is 0 Å². The summed E-state index contributed by atoms with van der Waals surface area (Å²) < 4.78 is 2.46. The molecule has 0 radical (unpaired) electrons. The molecule has 1 aliphatic heterocycles. The number of hydrogen-bond acceptors (Lipinski definition) is 5. The smallest absolute Gasteiger partial charge is 0.271 e. The van der Waals surface area contributed by atoms with Gasteiger partial charge in [0, 0.05) is 26.2 Å². The maximum atomic E-state index is 12.4. The monoisotopic (exact) mass is 307 g/mol. The fourth-order valence-corrected chi connectivity index (χ4v) is 3.92. The van der Waals surface area contributed by atoms with E-state index in [1.165, 1.54) is 11.3 Å². The lowest BCUT2D eigenvalue weighted by Gasteiger charge is -2.31. The Morgan fingerprint density at radius 3 is 3.14 bits per heavy atom. The molecule has 2 aromatic rings. The van der Waals surface area contributed by atoms with E-state index in [1.54, 1.807) is 10.9 Å². The van der Waals surface area contributed by atoms with Gasteiger partial charge < -0.3 is 10.0 Å². The van der Waals surface area contributed by atoms with E-state index in [-0.39, 0.29) is 12.2 Å². The second-order valence-corrected chi connectivity index (χ2v) is 6.71. The van der Waals surface area contributed by atoms with E-state index in [4.69, 9.17) is 0 Å². The van der Waals surface area contributed by atoms with E-state index in [0.29, 0.717) is 12.5 Å². The predicted molar refractivity (Wildman–Crippen MR) is 84.9 cm³/mol. The number of aromatic nitrogens is 2. The van der Waals surface area contributed by atoms with Crippen LogP contribution in [0, 0.1) is 12.8 Å². The molecule has 1 aliphatic rings. The minimum absolute atomic E-state index is 0.0637. The number of likely N-dealkylation sites (tertiary alicyclic amines) is 1. The number of aliphatic hydroxyl groups is 1. The van der Waals surface area contributed by atoms with Gasteiger partial charge in [-0.1, -0.05) is 0 Å². The minimum Gasteiger partial charge on any atom is -0.396 e. The number of thiophene rings is 1. The van der Waals surface area contributed by atoms with Gasteiger partial charge in [-0.25, -0.2) is 4.98 Å². The Kier molecular flexibility index (Phi) is 4.37. The summed E-state index contributed by atoms with van der Waals surface area (Å²) in [7, 11) is 0. The Bertz CT molecular complexity index is 679. The third-order valence-corrected chi connectivity index (χ3v) is 5.32. The summed E-state index contributed by atoms with van der Waals surface area (Å²) >= 11 is 1.48. The Morgan fingerprint density at radius 1 is 1.48 bits per heavy atom. The molecule has 0 amide bonds. The van der Waals surface area contributed by atoms with Crippen molar-refractivity contribution in [3.05, 3.63) is 27.6 Å². The van der Waals surface area contributed by atoms with Crippen LogP contribution in [0.5, 0.6) is 0 Å². The number of rotatable bonds is 4. The third kappa shape index (κ3) is 3.02. The van der Waals surface area contributed by atoms with Gasteiger partial charge in [0.15, 0.2) is 0 Å². The van der Waals surface area contributed by atoms with Gasteiger partial charge in [0.2, 0.25) is 0 Å². The van der Waals surface area contributed by atoms with Crippen LogP contribution in [0.2, 0.25) is 0 Å². The van der Waals surface area contributed by atoms with Crippen molar-refractivity contribution < 1.29 is 5.11 Å². The van der Waals surface area contributed by atoms with Crippen molar-refractivity contribution in [3.63, 3.8) is 0 Å². The molecule has 21 heavy (non-hydrogen) atoms. The minimum atomic E-state index is 0.0637. The quantitative estimate of drug-likeness (QED) is 0.929. The van der Waals surface area contributed by atoms with Crippen molar-refractivity contribution in [2.75, 3.05) is 26.2 Å². The first-order chi connectivity index (χ1) is 10.2. The van der Waals surface area contributed by atoms with E-state index in [0.717, 1.165) is 48.3 Å². The molecule has 3 heterocycles. The molecule has 0 aromatic carbocycles. The zero-order valence-electron chi connectivity index (χ0n) is 12.3. The maximum absolute atomic E-state index is 12.4. The zero-order chi connectivity index (χ0) is 14.8. The van der Waals surface area contributed by atoms with Crippen molar-refractivity contribution in [3.8, 4) is 0 Å². The summed E-state index contributed by atoms with van der Waals surface area (Å²) in [5, 5.41) is 11.3. The normalized spacial score (nSPS) is 20.2. The van der Waals surface area contributed by atoms with Crippen LogP contribution >= 0.6 is 11.3 Å². The average molecular weight is 307 g/mol. The fourth-order valence-electron chi connectivity index (χ4n) is 2.97. The van der Waals surface area contributed by atoms with Gasteiger partial charge in [-0.3, -0.25) is 9.36 Å². The Morgan fingerprint density at radius 2 is 2.33 bits per heavy atom. The molecule has 0 unspecified atom stereocenters. The average Bonchev–Trinajstić information content (AvgIpc) is 2.89. The van der Waals surface area contributed by atoms with Gasteiger partial charge in [0.25, 0.3) is 5.56 Å². The first-order valence-electron chi connectivity index (χ1n) is 7.45. The number of nitrogens with zero attached hydrogens (tertiary/aromatic N) is 3. The number of fused-ring (bicyclic) bond motifs is 1. The topological polar surface area (TPSA) is 58.4 Å². The van der Waals surface area contributed by atoms with Gasteiger partial charge in [0.05, 0.1) is 11.8 Å². The van der Waals surface area contributed by atoms with Gasteiger partial charge in [-0.2, -0.15) is 0 Å². The molecule has 0 bridgehead atoms. The van der Waals surface area contributed by atoms with E-state index >= 15 is 0 Å². The molecule has 6 heteroatoms. The van der Waals surface area contributed by atoms with Crippen molar-refractivity contribution >= 4 is 21.6 Å². The summed E-state index contributed by atoms with van der Waals surface area (Å²) in [6.45, 7) is 5.74. The standard InChI is InChI=1S/C15H21N3O2S/c1-11-9-21-14-13(11)16-10-18(15(14)20)6-5-17-4-2-3-12(7-17)8-19/h9-10,12,19H,2-8H2,1H3/t12-/m0/s1. The first-order valence-corrected chi connectivity index (χ1v) is 8.33. The molecule has 1 N–H and O–H groups in total. The van der Waals surface area contributed by atoms with Crippen LogP contribution in [-0.2, 0) is 6.54 Å². The Balaban J connectivity index is 1.70. The van der Waals surface area contributed by atoms with Gasteiger partial charge in [0.1, 0.15) is 4.70 Å². The maximum Gasteiger partial charge on any atom is 0.271 e.